The molecule has 0 saturated carbocycles. The summed E-state index contributed by atoms with van der Waals surface area (Å²) in [6, 6.07) is 0. The molecule has 7 nitrogen and oxygen atoms in total. The fourth-order valence-electron chi connectivity index (χ4n) is 6.41. The molecule has 0 bridgehead atoms. The van der Waals surface area contributed by atoms with Crippen molar-refractivity contribution >= 4 is 5.97 Å². The Hall–Kier alpha value is -0.990. The summed E-state index contributed by atoms with van der Waals surface area (Å²) in [4.78, 5) is 11.6. The molecular formula is C35H64O7. The molecule has 7 heteroatoms. The third kappa shape index (κ3) is 16.2. The normalized spacial score (nSPS) is 23.5. The quantitative estimate of drug-likeness (QED) is 0.0624. The fraction of sp³-hybridized carbons (Fsp3) is 0.914. The smallest absolute Gasteiger partial charge is 0.334 e. The maximum atomic E-state index is 11.6. The second kappa shape index (κ2) is 22.5. The molecule has 2 rings (SSSR count). The molecule has 246 valence electrons. The minimum Gasteiger partial charge on any atom is -0.455 e. The lowest BCUT2D eigenvalue weighted by Crippen LogP contribution is -2.26. The van der Waals surface area contributed by atoms with Gasteiger partial charge in [-0.2, -0.15) is 0 Å². The highest BCUT2D eigenvalue weighted by Crippen LogP contribution is 2.28. The zero-order valence-electron chi connectivity index (χ0n) is 26.9. The molecule has 0 aliphatic carbocycles. The number of carbonyl (C=O) groups is 1. The number of hydrogen-bond donors (Lipinski definition) is 4. The van der Waals surface area contributed by atoms with E-state index in [-0.39, 0.29) is 24.3 Å². The number of carbonyl (C=O) groups excluding carboxylic acids is 1. The van der Waals surface area contributed by atoms with Crippen LogP contribution in [0.5, 0.6) is 0 Å². The van der Waals surface area contributed by atoms with Crippen LogP contribution < -0.4 is 0 Å². The van der Waals surface area contributed by atoms with Gasteiger partial charge in [-0.05, 0) is 57.9 Å². The molecule has 0 amide bonds. The second-order valence-corrected chi connectivity index (χ2v) is 13.1. The molecule has 2 unspecified atom stereocenters. The van der Waals surface area contributed by atoms with Gasteiger partial charge in [0, 0.05) is 12.0 Å². The molecule has 2 aliphatic rings. The zero-order chi connectivity index (χ0) is 30.6. The summed E-state index contributed by atoms with van der Waals surface area (Å²) in [5.74, 6) is -0.277. The number of hydrogen-bond acceptors (Lipinski definition) is 7. The Morgan fingerprint density at radius 2 is 1.29 bits per heavy atom. The summed E-state index contributed by atoms with van der Waals surface area (Å²) < 4.78 is 11.3. The zero-order valence-corrected chi connectivity index (χ0v) is 26.9. The van der Waals surface area contributed by atoms with E-state index in [0.29, 0.717) is 30.9 Å². The highest BCUT2D eigenvalue weighted by Gasteiger charge is 2.30. The molecule has 0 aromatic carbocycles. The minimum absolute atomic E-state index is 0.0131. The Balaban J connectivity index is 1.36. The Labute approximate surface area is 256 Å². The summed E-state index contributed by atoms with van der Waals surface area (Å²) in [5.41, 5.74) is 0.621. The van der Waals surface area contributed by atoms with Gasteiger partial charge < -0.3 is 29.9 Å². The average molecular weight is 597 g/mol. The van der Waals surface area contributed by atoms with Crippen LogP contribution in [-0.2, 0) is 14.3 Å². The van der Waals surface area contributed by atoms with Crippen molar-refractivity contribution in [3.8, 4) is 0 Å². The Morgan fingerprint density at radius 1 is 0.738 bits per heavy atom. The molecule has 0 radical (unpaired) electrons. The predicted molar refractivity (Wildman–Crippen MR) is 168 cm³/mol. The lowest BCUT2D eigenvalue weighted by atomic mass is 9.99. The largest absolute Gasteiger partial charge is 0.455 e. The molecule has 0 aromatic rings. The van der Waals surface area contributed by atoms with E-state index < -0.39 is 18.3 Å². The first-order chi connectivity index (χ1) is 20.3. The molecule has 1 saturated heterocycles. The van der Waals surface area contributed by atoms with Gasteiger partial charge in [-0.3, -0.25) is 0 Å². The van der Waals surface area contributed by atoms with Crippen molar-refractivity contribution in [2.45, 2.75) is 204 Å². The first kappa shape index (κ1) is 37.2. The van der Waals surface area contributed by atoms with Crippen LogP contribution in [0.3, 0.4) is 0 Å². The first-order valence-electron chi connectivity index (χ1n) is 17.6. The third-order valence-electron chi connectivity index (χ3n) is 9.13. The van der Waals surface area contributed by atoms with Crippen molar-refractivity contribution in [1.29, 1.82) is 0 Å². The van der Waals surface area contributed by atoms with Gasteiger partial charge in [0.2, 0.25) is 0 Å². The number of esters is 1. The van der Waals surface area contributed by atoms with Crippen LogP contribution in [0.25, 0.3) is 0 Å². The number of aliphatic hydroxyl groups is 4. The van der Waals surface area contributed by atoms with E-state index in [0.717, 1.165) is 89.9 Å². The van der Waals surface area contributed by atoms with Crippen LogP contribution in [0.4, 0.5) is 0 Å². The summed E-state index contributed by atoms with van der Waals surface area (Å²) in [6.07, 6.45) is 23.0. The van der Waals surface area contributed by atoms with Crippen LogP contribution in [0.2, 0.25) is 0 Å². The predicted octanol–water partition coefficient (Wildman–Crippen LogP) is 7.06. The minimum atomic E-state index is -0.604. The number of cyclic esters (lactones) is 1. The average Bonchev–Trinajstić information content (AvgIpc) is 3.56. The van der Waals surface area contributed by atoms with E-state index in [9.17, 15) is 25.2 Å². The standard InChI is InChI=1S/C35H64O7/c1-3-4-13-20-31(37)32(38)21-16-11-12-17-22-33(39)34-24-23-30(42-34)19-15-10-8-6-5-7-9-14-18-29(36)26-28-25-27(2)41-35(28)40/h25,27,29-34,36-39H,3-24,26H2,1-2H3/t27-,29+,30-,31?,32?,33+,34+/m0/s1. The van der Waals surface area contributed by atoms with Crippen molar-refractivity contribution in [1.82, 2.24) is 0 Å². The van der Waals surface area contributed by atoms with Crippen LogP contribution >= 0.6 is 0 Å². The van der Waals surface area contributed by atoms with E-state index in [1.54, 1.807) is 0 Å². The number of aliphatic hydroxyl groups excluding tert-OH is 4. The Kier molecular flexibility index (Phi) is 19.9. The topological polar surface area (TPSA) is 116 Å². The van der Waals surface area contributed by atoms with E-state index in [2.05, 4.69) is 6.92 Å². The van der Waals surface area contributed by atoms with E-state index >= 15 is 0 Å². The molecule has 0 spiro atoms. The van der Waals surface area contributed by atoms with Crippen molar-refractivity contribution < 1.29 is 34.7 Å². The van der Waals surface area contributed by atoms with E-state index in [1.165, 1.54) is 38.5 Å². The fourth-order valence-corrected chi connectivity index (χ4v) is 6.41. The van der Waals surface area contributed by atoms with Gasteiger partial charge in [0.1, 0.15) is 6.10 Å². The van der Waals surface area contributed by atoms with E-state index in [1.807, 2.05) is 13.0 Å². The molecule has 42 heavy (non-hydrogen) atoms. The monoisotopic (exact) mass is 596 g/mol. The molecule has 2 aliphatic heterocycles. The van der Waals surface area contributed by atoms with Crippen LogP contribution in [0, 0.1) is 0 Å². The first-order valence-corrected chi connectivity index (χ1v) is 17.6. The van der Waals surface area contributed by atoms with Crippen LogP contribution in [-0.4, -0.2) is 69.1 Å². The Bertz CT molecular complexity index is 726. The van der Waals surface area contributed by atoms with Crippen molar-refractivity contribution in [3.05, 3.63) is 11.6 Å². The van der Waals surface area contributed by atoms with Crippen molar-refractivity contribution in [2.75, 3.05) is 0 Å². The SMILES string of the molecule is CCCCCC(O)C(O)CCCCCC[C@@H](O)[C@H]1CC[C@H](CCCCCCCCCC[C@@H](O)CC2=C[C@H](C)OC2=O)O1. The number of rotatable bonds is 26. The summed E-state index contributed by atoms with van der Waals surface area (Å²) >= 11 is 0. The van der Waals surface area contributed by atoms with Gasteiger partial charge >= 0.3 is 5.97 Å². The van der Waals surface area contributed by atoms with Crippen LogP contribution in [0.1, 0.15) is 162 Å². The molecule has 0 aromatic heterocycles. The molecule has 1 fully saturated rings. The highest BCUT2D eigenvalue weighted by atomic mass is 16.5. The summed E-state index contributed by atoms with van der Waals surface area (Å²) in [7, 11) is 0. The molecule has 7 atom stereocenters. The van der Waals surface area contributed by atoms with Gasteiger partial charge in [0.25, 0.3) is 0 Å². The summed E-state index contributed by atoms with van der Waals surface area (Å²) in [5, 5.41) is 40.9. The van der Waals surface area contributed by atoms with Gasteiger partial charge in [0.05, 0.1) is 36.6 Å². The maximum Gasteiger partial charge on any atom is 0.334 e. The van der Waals surface area contributed by atoms with Crippen LogP contribution in [0.15, 0.2) is 11.6 Å². The van der Waals surface area contributed by atoms with Gasteiger partial charge in [-0.15, -0.1) is 0 Å². The van der Waals surface area contributed by atoms with Gasteiger partial charge in [0.15, 0.2) is 0 Å². The lowest BCUT2D eigenvalue weighted by molar-refractivity contribution is -0.139. The maximum absolute atomic E-state index is 11.6. The van der Waals surface area contributed by atoms with Crippen molar-refractivity contribution in [3.63, 3.8) is 0 Å². The Morgan fingerprint density at radius 3 is 1.88 bits per heavy atom. The molecular weight excluding hydrogens is 532 g/mol. The summed E-state index contributed by atoms with van der Waals surface area (Å²) in [6.45, 7) is 3.98. The number of unbranched alkanes of at least 4 members (excludes halogenated alkanes) is 12. The van der Waals surface area contributed by atoms with Gasteiger partial charge in [-0.1, -0.05) is 103 Å². The lowest BCUT2D eigenvalue weighted by Gasteiger charge is -2.20. The third-order valence-corrected chi connectivity index (χ3v) is 9.13. The molecule has 4 N–H and O–H groups in total. The number of ether oxygens (including phenoxy) is 2. The second-order valence-electron chi connectivity index (χ2n) is 13.1. The van der Waals surface area contributed by atoms with E-state index in [4.69, 9.17) is 9.47 Å². The van der Waals surface area contributed by atoms with Gasteiger partial charge in [-0.25, -0.2) is 4.79 Å². The van der Waals surface area contributed by atoms with Crippen molar-refractivity contribution in [2.24, 2.45) is 0 Å². The molecule has 2 heterocycles. The highest BCUT2D eigenvalue weighted by molar-refractivity contribution is 5.90.